The highest BCUT2D eigenvalue weighted by atomic mass is 16.5. The summed E-state index contributed by atoms with van der Waals surface area (Å²) in [6.45, 7) is -0.0622. The van der Waals surface area contributed by atoms with Crippen LogP contribution in [-0.4, -0.2) is 21.7 Å². The summed E-state index contributed by atoms with van der Waals surface area (Å²) in [5, 5.41) is 0. The van der Waals surface area contributed by atoms with Crippen LogP contribution in [0.3, 0.4) is 0 Å². The van der Waals surface area contributed by atoms with E-state index in [1.165, 1.54) is 0 Å². The van der Waals surface area contributed by atoms with Crippen molar-refractivity contribution in [2.24, 2.45) is 0 Å². The second-order valence-corrected chi connectivity index (χ2v) is 9.70. The van der Waals surface area contributed by atoms with Crippen LogP contribution in [0.5, 0.6) is 23.0 Å². The number of rotatable bonds is 3. The third kappa shape index (κ3) is 3.53. The normalized spacial score (nSPS) is 12.5. The monoisotopic (exact) mass is 501 g/mol. The predicted octanol–water partition coefficient (Wildman–Crippen LogP) is 5.60. The molecule has 0 saturated heterocycles. The van der Waals surface area contributed by atoms with E-state index >= 15 is 0 Å². The van der Waals surface area contributed by atoms with Gasteiger partial charge in [0.25, 0.3) is 6.71 Å². The highest BCUT2D eigenvalue weighted by Gasteiger charge is 2.41. The van der Waals surface area contributed by atoms with E-state index in [9.17, 15) is 0 Å². The summed E-state index contributed by atoms with van der Waals surface area (Å²) in [4.78, 5) is 12.6. The lowest BCUT2D eigenvalue weighted by atomic mass is 9.34. The average Bonchev–Trinajstić information content (AvgIpc) is 3.02. The Morgan fingerprint density at radius 2 is 0.923 bits per heavy atom. The third-order valence-electron chi connectivity index (χ3n) is 7.54. The van der Waals surface area contributed by atoms with E-state index in [0.29, 0.717) is 0 Å². The molecule has 3 aromatic carbocycles. The van der Waals surface area contributed by atoms with Gasteiger partial charge in [-0.1, -0.05) is 24.3 Å². The van der Waals surface area contributed by atoms with Crippen molar-refractivity contribution in [3.8, 4) is 56.4 Å². The Balaban J connectivity index is 1.38. The second kappa shape index (κ2) is 8.67. The summed E-state index contributed by atoms with van der Waals surface area (Å²) in [5.41, 5.74) is 9.80. The molecule has 182 valence electrons. The number of ether oxygens (including phenoxy) is 2. The molecule has 6 aromatic rings. The van der Waals surface area contributed by atoms with E-state index in [-0.39, 0.29) is 6.71 Å². The fraction of sp³-hybridized carbons (Fsp3) is 0. The fourth-order valence-corrected chi connectivity index (χ4v) is 5.70. The Morgan fingerprint density at radius 1 is 0.436 bits per heavy atom. The Morgan fingerprint density at radius 3 is 1.49 bits per heavy atom. The molecule has 5 nitrogen and oxygen atoms in total. The topological polar surface area (TPSA) is 57.1 Å². The van der Waals surface area contributed by atoms with Crippen molar-refractivity contribution < 1.29 is 9.47 Å². The molecule has 0 amide bonds. The van der Waals surface area contributed by atoms with Gasteiger partial charge in [0.05, 0.1) is 0 Å². The molecule has 39 heavy (non-hydrogen) atoms. The molecule has 0 aliphatic carbocycles. The van der Waals surface area contributed by atoms with E-state index in [1.54, 1.807) is 0 Å². The Labute approximate surface area is 225 Å². The summed E-state index contributed by atoms with van der Waals surface area (Å²) >= 11 is 0. The van der Waals surface area contributed by atoms with Gasteiger partial charge in [-0.25, -0.2) is 0 Å². The van der Waals surface area contributed by atoms with Gasteiger partial charge in [-0.05, 0) is 99.4 Å². The highest BCUT2D eigenvalue weighted by Crippen LogP contribution is 2.41. The van der Waals surface area contributed by atoms with Gasteiger partial charge in [-0.15, -0.1) is 0 Å². The molecule has 0 fully saturated rings. The largest absolute Gasteiger partial charge is 0.458 e. The minimum absolute atomic E-state index is 0.0622. The molecule has 6 heteroatoms. The van der Waals surface area contributed by atoms with Crippen molar-refractivity contribution in [2.75, 3.05) is 0 Å². The van der Waals surface area contributed by atoms with E-state index < -0.39 is 0 Å². The van der Waals surface area contributed by atoms with Crippen molar-refractivity contribution in [1.82, 2.24) is 15.0 Å². The van der Waals surface area contributed by atoms with Crippen molar-refractivity contribution in [3.63, 3.8) is 0 Å². The maximum atomic E-state index is 6.71. The number of pyridine rings is 3. The second-order valence-electron chi connectivity index (χ2n) is 9.70. The quantitative estimate of drug-likeness (QED) is 0.295. The van der Waals surface area contributed by atoms with Gasteiger partial charge in [0.2, 0.25) is 0 Å². The van der Waals surface area contributed by atoms with Gasteiger partial charge >= 0.3 is 0 Å². The number of hydrogen-bond donors (Lipinski definition) is 0. The zero-order valence-electron chi connectivity index (χ0n) is 20.8. The number of hydrogen-bond acceptors (Lipinski definition) is 5. The van der Waals surface area contributed by atoms with E-state index in [2.05, 4.69) is 63.5 Å². The molecule has 0 atom stereocenters. The molecule has 0 spiro atoms. The molecular formula is C33H20BN3O2. The van der Waals surface area contributed by atoms with Crippen LogP contribution in [-0.2, 0) is 0 Å². The molecule has 0 saturated carbocycles. The van der Waals surface area contributed by atoms with Gasteiger partial charge in [-0.3, -0.25) is 15.0 Å². The molecule has 2 aliphatic rings. The molecular weight excluding hydrogens is 481 g/mol. The number of aromatic nitrogens is 3. The van der Waals surface area contributed by atoms with Gasteiger partial charge in [0.1, 0.15) is 23.0 Å². The molecule has 0 N–H and O–H groups in total. The standard InChI is InChI=1S/C33H20BN3O2/c1-4-29-27(19-24(1)21-7-13-35-14-8-21)34-28-20-25(22-9-15-36-16-10-22)2-5-30(28)39-33-26(23-11-17-37-18-12-23)3-6-31(38-29)32(33)34/h1-20H. The van der Waals surface area contributed by atoms with E-state index in [4.69, 9.17) is 9.47 Å². The first-order valence-electron chi connectivity index (χ1n) is 12.9. The van der Waals surface area contributed by atoms with Crippen LogP contribution in [0.25, 0.3) is 33.4 Å². The minimum atomic E-state index is -0.0622. The summed E-state index contributed by atoms with van der Waals surface area (Å²) in [5.74, 6) is 3.35. The third-order valence-corrected chi connectivity index (χ3v) is 7.54. The molecule has 3 aromatic heterocycles. The molecule has 8 rings (SSSR count). The first kappa shape index (κ1) is 21.8. The molecule has 2 aliphatic heterocycles. The van der Waals surface area contributed by atoms with Crippen LogP contribution >= 0.6 is 0 Å². The SMILES string of the molecule is c1cc(-c2ccc3c(c2)B2c4cc(-c5ccncc5)ccc4Oc4c(-c5ccncc5)ccc(c42)O3)ccn1. The lowest BCUT2D eigenvalue weighted by molar-refractivity contribution is 0.465. The zero-order chi connectivity index (χ0) is 25.8. The van der Waals surface area contributed by atoms with Crippen LogP contribution < -0.4 is 25.9 Å². The van der Waals surface area contributed by atoms with Crippen LogP contribution in [0.4, 0.5) is 0 Å². The first-order chi connectivity index (χ1) is 19.3. The van der Waals surface area contributed by atoms with Gasteiger partial charge in [0.15, 0.2) is 0 Å². The molecule has 0 radical (unpaired) electrons. The van der Waals surface area contributed by atoms with Crippen molar-refractivity contribution in [2.45, 2.75) is 0 Å². The molecule has 0 bridgehead atoms. The molecule has 0 unspecified atom stereocenters. The number of fused-ring (bicyclic) bond motifs is 4. The van der Waals surface area contributed by atoms with Gasteiger partial charge < -0.3 is 9.47 Å². The number of nitrogens with zero attached hydrogens (tertiary/aromatic N) is 3. The number of benzene rings is 3. The van der Waals surface area contributed by atoms with Crippen LogP contribution in [0.15, 0.2) is 122 Å². The van der Waals surface area contributed by atoms with Crippen molar-refractivity contribution in [3.05, 3.63) is 122 Å². The first-order valence-corrected chi connectivity index (χ1v) is 12.9. The Bertz CT molecular complexity index is 1810. The maximum Gasteiger partial charge on any atom is 0.260 e. The van der Waals surface area contributed by atoms with Crippen molar-refractivity contribution in [1.29, 1.82) is 0 Å². The lowest BCUT2D eigenvalue weighted by Crippen LogP contribution is -2.57. The minimum Gasteiger partial charge on any atom is -0.458 e. The Kier molecular flexibility index (Phi) is 4.85. The fourth-order valence-electron chi connectivity index (χ4n) is 5.70. The van der Waals surface area contributed by atoms with Gasteiger partial charge in [0, 0.05) is 48.2 Å². The van der Waals surface area contributed by atoms with Gasteiger partial charge in [-0.2, -0.15) is 0 Å². The van der Waals surface area contributed by atoms with Crippen molar-refractivity contribution >= 4 is 23.1 Å². The van der Waals surface area contributed by atoms with E-state index in [0.717, 1.165) is 72.8 Å². The zero-order valence-corrected chi connectivity index (χ0v) is 20.8. The summed E-state index contributed by atoms with van der Waals surface area (Å²) < 4.78 is 13.2. The van der Waals surface area contributed by atoms with Crippen LogP contribution in [0.2, 0.25) is 0 Å². The maximum absolute atomic E-state index is 6.71. The van der Waals surface area contributed by atoms with Crippen LogP contribution in [0, 0.1) is 0 Å². The lowest BCUT2D eigenvalue weighted by Gasteiger charge is -2.34. The van der Waals surface area contributed by atoms with Crippen LogP contribution in [0.1, 0.15) is 0 Å². The molecule has 5 heterocycles. The predicted molar refractivity (Wildman–Crippen MR) is 154 cm³/mol. The van der Waals surface area contributed by atoms with E-state index in [1.807, 2.05) is 73.6 Å². The summed E-state index contributed by atoms with van der Waals surface area (Å²) in [6, 6.07) is 29.2. The smallest absolute Gasteiger partial charge is 0.260 e. The summed E-state index contributed by atoms with van der Waals surface area (Å²) in [6.07, 6.45) is 10.9. The average molecular weight is 501 g/mol. The summed E-state index contributed by atoms with van der Waals surface area (Å²) in [7, 11) is 0. The Hall–Kier alpha value is -5.23. The highest BCUT2D eigenvalue weighted by molar-refractivity contribution is 6.98.